The van der Waals surface area contributed by atoms with E-state index in [2.05, 4.69) is 205 Å². The minimum Gasteiger partial charge on any atom is -0.456 e. The van der Waals surface area contributed by atoms with Crippen LogP contribution < -0.4 is 4.90 Å². The Bertz CT molecular complexity index is 3850. The Hall–Kier alpha value is -7.92. The molecule has 62 heavy (non-hydrogen) atoms. The minimum atomic E-state index is 0.837. The lowest BCUT2D eigenvalue weighted by atomic mass is 9.98. The van der Waals surface area contributed by atoms with Crippen molar-refractivity contribution in [2.75, 3.05) is 4.90 Å². The van der Waals surface area contributed by atoms with Gasteiger partial charge in [0.25, 0.3) is 0 Å². The van der Waals surface area contributed by atoms with Crippen molar-refractivity contribution in [2.24, 2.45) is 0 Å². The molecule has 0 bridgehead atoms. The summed E-state index contributed by atoms with van der Waals surface area (Å²) in [5, 5.41) is 9.29. The Morgan fingerprint density at radius 3 is 1.79 bits per heavy atom. The van der Waals surface area contributed by atoms with Crippen LogP contribution in [0.15, 0.2) is 221 Å². The molecule has 10 aromatic carbocycles. The van der Waals surface area contributed by atoms with Crippen LogP contribution in [-0.2, 0) is 0 Å². The molecule has 0 fully saturated rings. The van der Waals surface area contributed by atoms with Gasteiger partial charge in [-0.15, -0.1) is 11.3 Å². The Balaban J connectivity index is 1.10. The van der Waals surface area contributed by atoms with Crippen LogP contribution in [0.2, 0.25) is 0 Å². The number of nitrogens with zero attached hydrogens (tertiary/aromatic N) is 1. The average molecular weight is 810 g/mol. The van der Waals surface area contributed by atoms with Gasteiger partial charge in [-0.25, -0.2) is 0 Å². The van der Waals surface area contributed by atoms with Gasteiger partial charge in [0.15, 0.2) is 5.58 Å². The number of benzene rings is 10. The SMILES string of the molecule is c1ccc(-c2ccc3sc4c(cc(N(c5ccc(-c6cccc7ccccc67)cc5)c5ccc6c(c5)oc5ccccc56)c5oc6ccc(-c7ccccc7)cc6c54)c3c2)cc1. The Labute approximate surface area is 360 Å². The van der Waals surface area contributed by atoms with E-state index in [-0.39, 0.29) is 0 Å². The van der Waals surface area contributed by atoms with E-state index in [4.69, 9.17) is 8.83 Å². The molecule has 0 saturated carbocycles. The number of thiophene rings is 1. The molecule has 3 nitrogen and oxygen atoms in total. The van der Waals surface area contributed by atoms with Gasteiger partial charge in [-0.1, -0.05) is 146 Å². The van der Waals surface area contributed by atoms with E-state index in [9.17, 15) is 0 Å². The molecule has 3 heterocycles. The zero-order valence-electron chi connectivity index (χ0n) is 33.4. The third-order valence-electron chi connectivity index (χ3n) is 12.5. The highest BCUT2D eigenvalue weighted by Crippen LogP contribution is 2.51. The summed E-state index contributed by atoms with van der Waals surface area (Å²) < 4.78 is 16.1. The van der Waals surface area contributed by atoms with Crippen LogP contribution in [-0.4, -0.2) is 0 Å². The molecule has 0 spiro atoms. The molecule has 0 aliphatic rings. The standard InChI is InChI=1S/C58H35NO2S/c1-3-12-36(13-4-1)40-24-30-53-50(33-40)56-57(61-53)51(35-49-48-32-41(37-14-5-2-6-15-37)25-31-55(48)62-58(49)56)59(43-28-29-47-46-19-9-10-21-52(46)60-54(47)34-43)42-26-22-39(23-27-42)45-20-11-17-38-16-7-8-18-44(38)45/h1-35H. The van der Waals surface area contributed by atoms with Gasteiger partial charge in [-0.05, 0) is 105 Å². The first-order chi connectivity index (χ1) is 30.7. The molecule has 0 amide bonds. The Morgan fingerprint density at radius 1 is 0.355 bits per heavy atom. The summed E-state index contributed by atoms with van der Waals surface area (Å²) in [6.45, 7) is 0. The molecule has 3 aromatic heterocycles. The van der Waals surface area contributed by atoms with Gasteiger partial charge in [0, 0.05) is 53.5 Å². The van der Waals surface area contributed by atoms with Crippen molar-refractivity contribution >= 4 is 103 Å². The number of rotatable bonds is 6. The normalized spacial score (nSPS) is 11.9. The van der Waals surface area contributed by atoms with Crippen LogP contribution in [0.4, 0.5) is 17.1 Å². The maximum absolute atomic E-state index is 7.11. The number of furan rings is 2. The molecule has 0 N–H and O–H groups in total. The maximum atomic E-state index is 7.11. The quantitative estimate of drug-likeness (QED) is 0.168. The molecule has 13 aromatic rings. The van der Waals surface area contributed by atoms with E-state index < -0.39 is 0 Å². The largest absolute Gasteiger partial charge is 0.456 e. The van der Waals surface area contributed by atoms with Gasteiger partial charge in [0.2, 0.25) is 0 Å². The zero-order valence-corrected chi connectivity index (χ0v) is 34.2. The van der Waals surface area contributed by atoms with Gasteiger partial charge < -0.3 is 13.7 Å². The molecule has 290 valence electrons. The van der Waals surface area contributed by atoms with E-state index in [0.29, 0.717) is 0 Å². The highest BCUT2D eigenvalue weighted by atomic mass is 32.1. The topological polar surface area (TPSA) is 29.5 Å². The van der Waals surface area contributed by atoms with Crippen molar-refractivity contribution in [3.8, 4) is 33.4 Å². The first-order valence-corrected chi connectivity index (χ1v) is 21.8. The number of anilines is 3. The van der Waals surface area contributed by atoms with Crippen LogP contribution in [0.1, 0.15) is 0 Å². The summed E-state index contributed by atoms with van der Waals surface area (Å²) in [4.78, 5) is 2.35. The van der Waals surface area contributed by atoms with Crippen molar-refractivity contribution < 1.29 is 8.83 Å². The van der Waals surface area contributed by atoms with Crippen LogP contribution in [0.5, 0.6) is 0 Å². The first kappa shape index (κ1) is 34.9. The van der Waals surface area contributed by atoms with Gasteiger partial charge in [-0.3, -0.25) is 0 Å². The summed E-state index contributed by atoms with van der Waals surface area (Å²) in [7, 11) is 0. The molecule has 0 aliphatic carbocycles. The summed E-state index contributed by atoms with van der Waals surface area (Å²) in [6.07, 6.45) is 0. The summed E-state index contributed by atoms with van der Waals surface area (Å²) in [5.41, 5.74) is 13.5. The number of hydrogen-bond acceptors (Lipinski definition) is 4. The minimum absolute atomic E-state index is 0.837. The van der Waals surface area contributed by atoms with Gasteiger partial charge >= 0.3 is 0 Å². The molecular formula is C58H35NO2S. The Morgan fingerprint density at radius 2 is 0.984 bits per heavy atom. The van der Waals surface area contributed by atoms with E-state index >= 15 is 0 Å². The molecular weight excluding hydrogens is 775 g/mol. The molecule has 0 saturated heterocycles. The highest BCUT2D eigenvalue weighted by molar-refractivity contribution is 7.26. The van der Waals surface area contributed by atoms with Crippen molar-refractivity contribution in [1.29, 1.82) is 0 Å². The number of fused-ring (bicyclic) bond motifs is 11. The first-order valence-electron chi connectivity index (χ1n) is 21.0. The van der Waals surface area contributed by atoms with Gasteiger partial charge in [-0.2, -0.15) is 0 Å². The fourth-order valence-corrected chi connectivity index (χ4v) is 10.7. The molecule has 0 unspecified atom stereocenters. The van der Waals surface area contributed by atoms with Crippen molar-refractivity contribution in [1.82, 2.24) is 0 Å². The van der Waals surface area contributed by atoms with Crippen LogP contribution >= 0.6 is 11.3 Å². The van der Waals surface area contributed by atoms with Gasteiger partial charge in [0.05, 0.1) is 11.4 Å². The van der Waals surface area contributed by atoms with Gasteiger partial charge in [0.1, 0.15) is 16.7 Å². The fourth-order valence-electron chi connectivity index (χ4n) is 9.49. The van der Waals surface area contributed by atoms with E-state index in [1.165, 1.54) is 53.2 Å². The smallest absolute Gasteiger partial charge is 0.160 e. The molecule has 4 heteroatoms. The van der Waals surface area contributed by atoms with Crippen LogP contribution in [0.3, 0.4) is 0 Å². The number of hydrogen-bond donors (Lipinski definition) is 0. The maximum Gasteiger partial charge on any atom is 0.160 e. The monoisotopic (exact) mass is 809 g/mol. The predicted molar refractivity (Wildman–Crippen MR) is 262 cm³/mol. The fraction of sp³-hybridized carbons (Fsp3) is 0. The van der Waals surface area contributed by atoms with Crippen LogP contribution in [0.25, 0.3) is 108 Å². The second-order valence-corrected chi connectivity index (χ2v) is 17.1. The zero-order chi connectivity index (χ0) is 40.7. The lowest BCUT2D eigenvalue weighted by molar-refractivity contribution is 0.667. The van der Waals surface area contributed by atoms with Crippen molar-refractivity contribution in [2.45, 2.75) is 0 Å². The van der Waals surface area contributed by atoms with E-state index in [1.54, 1.807) is 0 Å². The van der Waals surface area contributed by atoms with Crippen LogP contribution in [0, 0.1) is 0 Å². The molecule has 13 rings (SSSR count). The third kappa shape index (κ3) is 5.51. The third-order valence-corrected chi connectivity index (χ3v) is 13.7. The predicted octanol–water partition coefficient (Wildman–Crippen LogP) is 17.5. The molecule has 0 aliphatic heterocycles. The lowest BCUT2D eigenvalue weighted by Crippen LogP contribution is -2.10. The van der Waals surface area contributed by atoms with Crippen molar-refractivity contribution in [3.05, 3.63) is 212 Å². The second-order valence-electron chi connectivity index (χ2n) is 16.0. The highest BCUT2D eigenvalue weighted by Gasteiger charge is 2.25. The van der Waals surface area contributed by atoms with Crippen molar-refractivity contribution in [3.63, 3.8) is 0 Å². The summed E-state index contributed by atoms with van der Waals surface area (Å²) in [6, 6.07) is 76.1. The lowest BCUT2D eigenvalue weighted by Gasteiger charge is -2.26. The summed E-state index contributed by atoms with van der Waals surface area (Å²) >= 11 is 1.84. The average Bonchev–Trinajstić information content (AvgIpc) is 4.03. The summed E-state index contributed by atoms with van der Waals surface area (Å²) in [5.74, 6) is 0. The Kier molecular flexibility index (Phi) is 7.78. The molecule has 0 radical (unpaired) electrons. The second kappa shape index (κ2) is 13.8. The number of para-hydroxylation sites is 1. The van der Waals surface area contributed by atoms with E-state index in [1.807, 2.05) is 23.5 Å². The van der Waals surface area contributed by atoms with E-state index in [0.717, 1.165) is 72.1 Å². The molecule has 0 atom stereocenters.